The topological polar surface area (TPSA) is 140 Å². The van der Waals surface area contributed by atoms with Crippen LogP contribution >= 0.6 is 0 Å². The van der Waals surface area contributed by atoms with Crippen LogP contribution in [0.2, 0.25) is 0 Å². The molecule has 5 N–H and O–H groups in total. The molecule has 1 aliphatic heterocycles. The number of nitrogens with two attached hydrogens (primary N) is 1. The fraction of sp³-hybridized carbons (Fsp3) is 0.650. The van der Waals surface area contributed by atoms with Crippen LogP contribution in [0.3, 0.4) is 0 Å². The highest BCUT2D eigenvalue weighted by atomic mass is 16.6. The number of anilines is 1. The molecule has 1 aliphatic rings. The quantitative estimate of drug-likeness (QED) is 0.380. The standard InChI is InChI=1S/C20H29N5O4/c1-2-3-4-5-6-7-8-9-10-14-23-18(21)15-19(24-14)25(12-22-15)20-17(28)16(27)13(11-26)29-20/h12-13,16-17,20,26-28H,2-8,11H2,1H3,(H2,21,23,24). The van der Waals surface area contributed by atoms with Gasteiger partial charge in [0.25, 0.3) is 0 Å². The number of unbranched alkanes of at least 4 members (excludes halogenated alkanes) is 6. The molecule has 9 heteroatoms. The van der Waals surface area contributed by atoms with E-state index in [4.69, 9.17) is 10.5 Å². The summed E-state index contributed by atoms with van der Waals surface area (Å²) in [5, 5.41) is 29.6. The Morgan fingerprint density at radius 1 is 1.14 bits per heavy atom. The van der Waals surface area contributed by atoms with Gasteiger partial charge >= 0.3 is 0 Å². The average molecular weight is 403 g/mol. The third kappa shape index (κ3) is 4.85. The summed E-state index contributed by atoms with van der Waals surface area (Å²) in [4.78, 5) is 12.8. The normalized spacial score (nSPS) is 24.0. The maximum absolute atomic E-state index is 10.3. The summed E-state index contributed by atoms with van der Waals surface area (Å²) in [5.74, 6) is 6.48. The van der Waals surface area contributed by atoms with Crippen LogP contribution in [0.4, 0.5) is 5.82 Å². The van der Waals surface area contributed by atoms with Gasteiger partial charge in [0.15, 0.2) is 17.7 Å². The zero-order valence-corrected chi connectivity index (χ0v) is 16.7. The van der Waals surface area contributed by atoms with Crippen LogP contribution in [0.25, 0.3) is 11.2 Å². The molecular formula is C20H29N5O4. The van der Waals surface area contributed by atoms with Gasteiger partial charge in [-0.3, -0.25) is 4.57 Å². The molecule has 0 amide bonds. The predicted octanol–water partition coefficient (Wildman–Crippen LogP) is 1.12. The van der Waals surface area contributed by atoms with Crippen LogP contribution in [-0.2, 0) is 4.74 Å². The van der Waals surface area contributed by atoms with E-state index in [0.29, 0.717) is 11.2 Å². The molecule has 0 aromatic carbocycles. The van der Waals surface area contributed by atoms with Crippen molar-refractivity contribution in [2.75, 3.05) is 12.3 Å². The Kier molecular flexibility index (Phi) is 7.39. The third-order valence-electron chi connectivity index (χ3n) is 5.10. The highest BCUT2D eigenvalue weighted by Crippen LogP contribution is 2.31. The van der Waals surface area contributed by atoms with Crippen LogP contribution < -0.4 is 5.73 Å². The van der Waals surface area contributed by atoms with Gasteiger partial charge in [0.05, 0.1) is 12.9 Å². The number of hydrogen-bond donors (Lipinski definition) is 4. The zero-order chi connectivity index (χ0) is 20.8. The summed E-state index contributed by atoms with van der Waals surface area (Å²) in [6, 6.07) is 0. The van der Waals surface area contributed by atoms with Gasteiger partial charge in [-0.15, -0.1) is 0 Å². The molecule has 158 valence electrons. The minimum Gasteiger partial charge on any atom is -0.394 e. The molecule has 1 fully saturated rings. The van der Waals surface area contributed by atoms with Crippen molar-refractivity contribution in [1.82, 2.24) is 19.5 Å². The maximum atomic E-state index is 10.3. The minimum absolute atomic E-state index is 0.185. The van der Waals surface area contributed by atoms with Crippen molar-refractivity contribution in [3.05, 3.63) is 12.2 Å². The lowest BCUT2D eigenvalue weighted by Gasteiger charge is -2.16. The maximum Gasteiger partial charge on any atom is 0.208 e. The van der Waals surface area contributed by atoms with E-state index < -0.39 is 31.1 Å². The van der Waals surface area contributed by atoms with E-state index in [0.717, 1.165) is 19.3 Å². The van der Waals surface area contributed by atoms with Gasteiger partial charge in [-0.05, 0) is 12.3 Å². The molecule has 1 saturated heterocycles. The summed E-state index contributed by atoms with van der Waals surface area (Å²) in [6.45, 7) is 1.79. The molecule has 0 radical (unpaired) electrons. The summed E-state index contributed by atoms with van der Waals surface area (Å²) in [7, 11) is 0. The predicted molar refractivity (Wildman–Crippen MR) is 108 cm³/mol. The molecule has 3 rings (SSSR count). The Morgan fingerprint density at radius 3 is 2.62 bits per heavy atom. The van der Waals surface area contributed by atoms with E-state index in [2.05, 4.69) is 33.7 Å². The first-order chi connectivity index (χ1) is 14.1. The number of hydrogen-bond acceptors (Lipinski definition) is 8. The fourth-order valence-corrected chi connectivity index (χ4v) is 3.43. The second-order valence-corrected chi connectivity index (χ2v) is 7.30. The lowest BCUT2D eigenvalue weighted by atomic mass is 10.1. The lowest BCUT2D eigenvalue weighted by molar-refractivity contribution is -0.0511. The third-order valence-corrected chi connectivity index (χ3v) is 5.10. The van der Waals surface area contributed by atoms with Crippen LogP contribution in [0.15, 0.2) is 6.33 Å². The van der Waals surface area contributed by atoms with Crippen molar-refractivity contribution >= 4 is 17.0 Å². The number of aromatic nitrogens is 4. The summed E-state index contributed by atoms with van der Waals surface area (Å²) >= 11 is 0. The van der Waals surface area contributed by atoms with Crippen molar-refractivity contribution in [3.8, 4) is 11.8 Å². The van der Waals surface area contributed by atoms with E-state index >= 15 is 0 Å². The molecular weight excluding hydrogens is 374 g/mol. The van der Waals surface area contributed by atoms with Gasteiger partial charge in [0.1, 0.15) is 23.8 Å². The van der Waals surface area contributed by atoms with Crippen molar-refractivity contribution in [3.63, 3.8) is 0 Å². The number of aliphatic hydroxyl groups excluding tert-OH is 3. The summed E-state index contributed by atoms with van der Waals surface area (Å²) in [6.07, 6.45) is 5.13. The average Bonchev–Trinajstić information content (AvgIpc) is 3.25. The van der Waals surface area contributed by atoms with E-state index in [1.807, 2.05) is 0 Å². The van der Waals surface area contributed by atoms with Crippen LogP contribution in [-0.4, -0.2) is 59.8 Å². The molecule has 9 nitrogen and oxygen atoms in total. The highest BCUT2D eigenvalue weighted by Gasteiger charge is 2.44. The SMILES string of the molecule is CCCCCCCCC#Cc1nc(N)c2ncn(C3OC(CO)C(O)C3O)c2n1. The smallest absolute Gasteiger partial charge is 0.208 e. The van der Waals surface area contributed by atoms with Gasteiger partial charge in [-0.1, -0.05) is 44.9 Å². The molecule has 2 aromatic rings. The number of nitrogens with zero attached hydrogens (tertiary/aromatic N) is 4. The fourth-order valence-electron chi connectivity index (χ4n) is 3.43. The second kappa shape index (κ2) is 9.98. The van der Waals surface area contributed by atoms with Gasteiger partial charge in [0, 0.05) is 6.42 Å². The van der Waals surface area contributed by atoms with E-state index in [1.165, 1.54) is 36.6 Å². The van der Waals surface area contributed by atoms with Crippen LogP contribution in [0.1, 0.15) is 63.9 Å². The molecule has 3 heterocycles. The molecule has 0 saturated carbocycles. The van der Waals surface area contributed by atoms with Gasteiger partial charge in [-0.25, -0.2) is 15.0 Å². The lowest BCUT2D eigenvalue weighted by Crippen LogP contribution is -2.33. The Labute approximate surface area is 169 Å². The van der Waals surface area contributed by atoms with Crippen LogP contribution in [0, 0.1) is 11.8 Å². The monoisotopic (exact) mass is 403 g/mol. The minimum atomic E-state index is -1.23. The number of fused-ring (bicyclic) bond motifs is 1. The molecule has 2 aromatic heterocycles. The van der Waals surface area contributed by atoms with Gasteiger partial charge in [0.2, 0.25) is 5.82 Å². The van der Waals surface area contributed by atoms with Gasteiger partial charge < -0.3 is 25.8 Å². The zero-order valence-electron chi connectivity index (χ0n) is 16.7. The molecule has 4 atom stereocenters. The highest BCUT2D eigenvalue weighted by molar-refractivity contribution is 5.82. The van der Waals surface area contributed by atoms with Crippen molar-refractivity contribution in [2.45, 2.75) is 76.4 Å². The molecule has 0 spiro atoms. The Bertz CT molecular complexity index is 875. The van der Waals surface area contributed by atoms with E-state index in [-0.39, 0.29) is 11.6 Å². The van der Waals surface area contributed by atoms with Crippen molar-refractivity contribution in [2.24, 2.45) is 0 Å². The summed E-state index contributed by atoms with van der Waals surface area (Å²) in [5.41, 5.74) is 6.72. The number of rotatable bonds is 8. The molecule has 29 heavy (non-hydrogen) atoms. The Balaban J connectivity index is 1.72. The first-order valence-electron chi connectivity index (χ1n) is 10.2. The first-order valence-corrected chi connectivity index (χ1v) is 10.2. The van der Waals surface area contributed by atoms with E-state index in [1.54, 1.807) is 0 Å². The van der Waals surface area contributed by atoms with Crippen LogP contribution in [0.5, 0.6) is 0 Å². The number of imidazole rings is 1. The number of ether oxygens (including phenoxy) is 1. The number of aliphatic hydroxyl groups is 3. The second-order valence-electron chi connectivity index (χ2n) is 7.30. The molecule has 0 aliphatic carbocycles. The van der Waals surface area contributed by atoms with Gasteiger partial charge in [-0.2, -0.15) is 0 Å². The Morgan fingerprint density at radius 2 is 1.90 bits per heavy atom. The van der Waals surface area contributed by atoms with Crippen molar-refractivity contribution in [1.29, 1.82) is 0 Å². The van der Waals surface area contributed by atoms with E-state index in [9.17, 15) is 15.3 Å². The Hall–Kier alpha value is -2.25. The summed E-state index contributed by atoms with van der Waals surface area (Å²) < 4.78 is 7.04. The first kappa shape index (κ1) is 21.5. The number of nitrogen functional groups attached to an aromatic ring is 1. The molecule has 0 bridgehead atoms. The van der Waals surface area contributed by atoms with Crippen molar-refractivity contribution < 1.29 is 20.1 Å². The molecule has 4 unspecified atom stereocenters. The largest absolute Gasteiger partial charge is 0.394 e.